The highest BCUT2D eigenvalue weighted by Crippen LogP contribution is 2.12. The minimum absolute atomic E-state index is 1.37. The van der Waals surface area contributed by atoms with E-state index in [0.29, 0.717) is 0 Å². The van der Waals surface area contributed by atoms with Crippen LogP contribution in [0.2, 0.25) is 32.7 Å². The van der Waals surface area contributed by atoms with Crippen LogP contribution in [0.1, 0.15) is 6.92 Å². The Hall–Kier alpha value is -0.0462. The van der Waals surface area contributed by atoms with Crippen LogP contribution in [-0.4, -0.2) is 16.6 Å². The molecule has 0 aromatic rings. The van der Waals surface area contributed by atoms with Gasteiger partial charge in [-0.1, -0.05) is 5.54 Å². The Kier molecular flexibility index (Phi) is 3.55. The van der Waals surface area contributed by atoms with Gasteiger partial charge in [-0.2, -0.15) is 0 Å². The highest BCUT2D eigenvalue weighted by molar-refractivity contribution is 6.88. The van der Waals surface area contributed by atoms with Gasteiger partial charge in [0.25, 0.3) is 8.32 Å². The van der Waals surface area contributed by atoms with Crippen molar-refractivity contribution in [2.45, 2.75) is 39.7 Å². The Bertz CT molecular complexity index is 180. The van der Waals surface area contributed by atoms with Crippen molar-refractivity contribution in [3.05, 3.63) is 0 Å². The average molecular weight is 186 g/mol. The largest absolute Gasteiger partial charge is 0.447 e. The lowest BCUT2D eigenvalue weighted by atomic mass is 10.8. The fourth-order valence-electron chi connectivity index (χ4n) is 1.09. The van der Waals surface area contributed by atoms with Gasteiger partial charge in [0.2, 0.25) is 0 Å². The molecule has 0 aliphatic carbocycles. The molecule has 0 fully saturated rings. The van der Waals surface area contributed by atoms with E-state index in [2.05, 4.69) is 44.2 Å². The first-order valence-electron chi connectivity index (χ1n) is 3.91. The van der Waals surface area contributed by atoms with Crippen LogP contribution in [0.15, 0.2) is 0 Å². The lowest BCUT2D eigenvalue weighted by molar-refractivity contribution is 0.567. The number of hydrogen-bond donors (Lipinski definition) is 0. The molecule has 1 nitrogen and oxygen atoms in total. The van der Waals surface area contributed by atoms with E-state index in [9.17, 15) is 0 Å². The zero-order valence-electron chi connectivity index (χ0n) is 8.41. The predicted octanol–water partition coefficient (Wildman–Crippen LogP) is 2.61. The molecule has 0 radical (unpaired) electrons. The summed E-state index contributed by atoms with van der Waals surface area (Å²) in [4.78, 5) is 0. The van der Waals surface area contributed by atoms with E-state index >= 15 is 0 Å². The van der Waals surface area contributed by atoms with Crippen LogP contribution in [-0.2, 0) is 4.12 Å². The molecule has 0 spiro atoms. The summed E-state index contributed by atoms with van der Waals surface area (Å²) in [5.74, 6) is 2.94. The van der Waals surface area contributed by atoms with E-state index in [-0.39, 0.29) is 0 Å². The summed E-state index contributed by atoms with van der Waals surface area (Å²) >= 11 is 0. The van der Waals surface area contributed by atoms with Crippen LogP contribution >= 0.6 is 0 Å². The molecule has 0 N–H and O–H groups in total. The second kappa shape index (κ2) is 3.57. The van der Waals surface area contributed by atoms with E-state index < -0.39 is 16.6 Å². The molecule has 0 rings (SSSR count). The van der Waals surface area contributed by atoms with Crippen LogP contribution in [0.3, 0.4) is 0 Å². The molecule has 0 atom stereocenters. The van der Waals surface area contributed by atoms with E-state index in [0.717, 1.165) is 0 Å². The van der Waals surface area contributed by atoms with E-state index in [1.165, 1.54) is 0 Å². The first kappa shape index (κ1) is 11.0. The molecule has 0 aromatic carbocycles. The first-order valence-corrected chi connectivity index (χ1v) is 10.2. The first-order chi connectivity index (χ1) is 4.77. The van der Waals surface area contributed by atoms with Crippen molar-refractivity contribution in [3.63, 3.8) is 0 Å². The average Bonchev–Trinajstić information content (AvgIpc) is 1.55. The van der Waals surface area contributed by atoms with Gasteiger partial charge in [-0.05, 0) is 39.7 Å². The third kappa shape index (κ3) is 6.36. The maximum atomic E-state index is 5.97. The van der Waals surface area contributed by atoms with E-state index in [4.69, 9.17) is 4.12 Å². The van der Waals surface area contributed by atoms with Gasteiger partial charge >= 0.3 is 0 Å². The molecule has 64 valence electrons. The molecule has 0 amide bonds. The number of hydrogen-bond acceptors (Lipinski definition) is 1. The van der Waals surface area contributed by atoms with Crippen molar-refractivity contribution in [2.75, 3.05) is 0 Å². The second-order valence-electron chi connectivity index (χ2n) is 4.10. The third-order valence-electron chi connectivity index (χ3n) is 0.987. The minimum atomic E-state index is -1.64. The standard InChI is InChI=1S/C8H18OSi2/c1-7-8-11(5,6)9-10(2,3)4/h1-6H3. The van der Waals surface area contributed by atoms with Crippen molar-refractivity contribution in [1.29, 1.82) is 0 Å². The number of rotatable bonds is 2. The van der Waals surface area contributed by atoms with Gasteiger partial charge in [0.15, 0.2) is 8.32 Å². The van der Waals surface area contributed by atoms with Gasteiger partial charge in [-0.15, -0.1) is 5.92 Å². The highest BCUT2D eigenvalue weighted by atomic mass is 28.4. The van der Waals surface area contributed by atoms with Crippen molar-refractivity contribution in [2.24, 2.45) is 0 Å². The Balaban J connectivity index is 4.21. The SMILES string of the molecule is CC#C[Si](C)(C)O[Si](C)(C)C. The minimum Gasteiger partial charge on any atom is -0.447 e. The molecule has 11 heavy (non-hydrogen) atoms. The normalized spacial score (nSPS) is 12.2. The van der Waals surface area contributed by atoms with Gasteiger partial charge in [0.05, 0.1) is 0 Å². The second-order valence-corrected chi connectivity index (χ2v) is 12.4. The van der Waals surface area contributed by atoms with Crippen molar-refractivity contribution >= 4 is 16.6 Å². The summed E-state index contributed by atoms with van der Waals surface area (Å²) in [7, 11) is -3.01. The molecule has 0 heterocycles. The van der Waals surface area contributed by atoms with Gasteiger partial charge in [-0.25, -0.2) is 0 Å². The Morgan fingerprint density at radius 2 is 1.45 bits per heavy atom. The summed E-state index contributed by atoms with van der Waals surface area (Å²) in [5, 5.41) is 0. The summed E-state index contributed by atoms with van der Waals surface area (Å²) in [6.07, 6.45) is 0. The molecule has 0 bridgehead atoms. The van der Waals surface area contributed by atoms with Crippen LogP contribution in [0.25, 0.3) is 0 Å². The fourth-order valence-corrected chi connectivity index (χ4v) is 8.02. The molecule has 3 heteroatoms. The summed E-state index contributed by atoms with van der Waals surface area (Å²) in [5.41, 5.74) is 3.18. The van der Waals surface area contributed by atoms with E-state index in [1.807, 2.05) is 6.92 Å². The Morgan fingerprint density at radius 1 is 1.00 bits per heavy atom. The van der Waals surface area contributed by atoms with Crippen molar-refractivity contribution in [3.8, 4) is 11.5 Å². The summed E-state index contributed by atoms with van der Waals surface area (Å²) in [6.45, 7) is 12.8. The molecular weight excluding hydrogens is 168 g/mol. The molecule has 0 aliphatic heterocycles. The lowest BCUT2D eigenvalue weighted by Crippen LogP contribution is -2.41. The van der Waals surface area contributed by atoms with Gasteiger partial charge in [0, 0.05) is 0 Å². The molecule has 0 aliphatic rings. The van der Waals surface area contributed by atoms with Crippen LogP contribution in [0, 0.1) is 11.5 Å². The van der Waals surface area contributed by atoms with Crippen molar-refractivity contribution < 1.29 is 4.12 Å². The maximum absolute atomic E-state index is 5.97. The summed E-state index contributed by atoms with van der Waals surface area (Å²) < 4.78 is 5.97. The zero-order chi connectivity index (χ0) is 9.12. The van der Waals surface area contributed by atoms with Crippen LogP contribution < -0.4 is 0 Å². The Labute approximate surface area is 72.4 Å². The molecule has 0 aromatic heterocycles. The third-order valence-corrected chi connectivity index (χ3v) is 6.33. The molecule has 0 saturated heterocycles. The fraction of sp³-hybridized carbons (Fsp3) is 0.750. The Morgan fingerprint density at radius 3 is 1.73 bits per heavy atom. The quantitative estimate of drug-likeness (QED) is 0.476. The van der Waals surface area contributed by atoms with Crippen LogP contribution in [0.4, 0.5) is 0 Å². The smallest absolute Gasteiger partial charge is 0.255 e. The van der Waals surface area contributed by atoms with Crippen molar-refractivity contribution in [1.82, 2.24) is 0 Å². The predicted molar refractivity (Wildman–Crippen MR) is 55.4 cm³/mol. The van der Waals surface area contributed by atoms with Crippen LogP contribution in [0.5, 0.6) is 0 Å². The monoisotopic (exact) mass is 186 g/mol. The van der Waals surface area contributed by atoms with Gasteiger partial charge in [-0.3, -0.25) is 0 Å². The van der Waals surface area contributed by atoms with Gasteiger partial charge in [0.1, 0.15) is 0 Å². The lowest BCUT2D eigenvalue weighted by Gasteiger charge is -2.26. The maximum Gasteiger partial charge on any atom is 0.255 e. The molecular formula is C8H18OSi2. The van der Waals surface area contributed by atoms with Gasteiger partial charge < -0.3 is 4.12 Å². The highest BCUT2D eigenvalue weighted by Gasteiger charge is 2.27. The zero-order valence-corrected chi connectivity index (χ0v) is 10.4. The molecule has 0 unspecified atom stereocenters. The summed E-state index contributed by atoms with van der Waals surface area (Å²) in [6, 6.07) is 0. The van der Waals surface area contributed by atoms with E-state index in [1.54, 1.807) is 0 Å². The molecule has 0 saturated carbocycles. The topological polar surface area (TPSA) is 9.23 Å².